The maximum Gasteiger partial charge on any atom is 0.186 e. The second-order valence-electron chi connectivity index (χ2n) is 5.03. The Morgan fingerprint density at radius 1 is 1.29 bits per heavy atom. The van der Waals surface area contributed by atoms with Crippen molar-refractivity contribution < 1.29 is 18.9 Å². The minimum absolute atomic E-state index is 0.119. The van der Waals surface area contributed by atoms with Crippen LogP contribution in [-0.4, -0.2) is 42.4 Å². The molecule has 98 valence electrons. The fourth-order valence-electron chi connectivity index (χ4n) is 2.68. The molecule has 17 heavy (non-hydrogen) atoms. The van der Waals surface area contributed by atoms with Gasteiger partial charge in [0, 0.05) is 13.5 Å². The summed E-state index contributed by atoms with van der Waals surface area (Å²) in [6.45, 7) is 5.90. The van der Waals surface area contributed by atoms with Crippen molar-refractivity contribution in [3.63, 3.8) is 0 Å². The Morgan fingerprint density at radius 3 is 2.53 bits per heavy atom. The van der Waals surface area contributed by atoms with Crippen LogP contribution in [-0.2, 0) is 18.9 Å². The van der Waals surface area contributed by atoms with Gasteiger partial charge in [0.2, 0.25) is 0 Å². The summed E-state index contributed by atoms with van der Waals surface area (Å²) in [6, 6.07) is 0. The molecule has 0 aromatic heterocycles. The van der Waals surface area contributed by atoms with E-state index in [1.54, 1.807) is 12.5 Å². The van der Waals surface area contributed by atoms with E-state index in [4.69, 9.17) is 31.2 Å². The number of rotatable bonds is 4. The minimum Gasteiger partial charge on any atom is -0.353 e. The van der Waals surface area contributed by atoms with E-state index >= 15 is 0 Å². The molecule has 0 aromatic rings. The van der Waals surface area contributed by atoms with E-state index in [0.29, 0.717) is 6.42 Å². The molecule has 0 saturated carbocycles. The van der Waals surface area contributed by atoms with Crippen molar-refractivity contribution in [2.24, 2.45) is 0 Å². The monoisotopic (exact) mass is 260 g/mol. The molecule has 0 amide bonds. The van der Waals surface area contributed by atoms with Gasteiger partial charge in [-0.15, -0.1) is 0 Å². The molecule has 5 heteroatoms. The predicted octanol–water partition coefficient (Wildman–Crippen LogP) is 2.05. The molecule has 0 radical (unpaired) electrons. The van der Waals surface area contributed by atoms with Gasteiger partial charge >= 0.3 is 0 Å². The van der Waals surface area contributed by atoms with Crippen LogP contribution in [0.1, 0.15) is 33.6 Å². The fraction of sp³-hybridized carbons (Fsp3) is 0.917. The van der Waals surface area contributed by atoms with Crippen LogP contribution in [0.2, 0.25) is 0 Å². The van der Waals surface area contributed by atoms with Gasteiger partial charge in [-0.2, -0.15) is 0 Å². The second kappa shape index (κ2) is 4.55. The van der Waals surface area contributed by atoms with Crippen LogP contribution in [0.3, 0.4) is 0 Å². The zero-order valence-electron chi connectivity index (χ0n) is 10.8. The van der Waals surface area contributed by atoms with Crippen molar-refractivity contribution in [2.45, 2.75) is 63.5 Å². The Balaban J connectivity index is 2.28. The lowest BCUT2D eigenvalue weighted by Gasteiger charge is -2.32. The third-order valence-corrected chi connectivity index (χ3v) is 3.69. The summed E-state index contributed by atoms with van der Waals surface area (Å²) in [6.07, 6.45) is 0.813. The Labute approximate surface area is 108 Å². The molecule has 0 aromatic carbocycles. The first-order chi connectivity index (χ1) is 7.98. The van der Waals surface area contributed by atoms with Crippen molar-refractivity contribution in [3.8, 4) is 0 Å². The van der Waals surface area contributed by atoms with E-state index in [9.17, 15) is 0 Å². The van der Waals surface area contributed by atoms with Crippen molar-refractivity contribution in [3.05, 3.63) is 0 Å². The first-order valence-electron chi connectivity index (χ1n) is 5.98. The van der Waals surface area contributed by atoms with E-state index in [-0.39, 0.29) is 18.5 Å². The third kappa shape index (κ3) is 2.15. The number of methoxy groups -OCH3 is 1. The van der Waals surface area contributed by atoms with Gasteiger partial charge in [-0.1, -0.05) is 19.1 Å². The van der Waals surface area contributed by atoms with E-state index in [2.05, 4.69) is 6.92 Å². The van der Waals surface area contributed by atoms with E-state index in [1.807, 2.05) is 13.8 Å². The third-order valence-electron chi connectivity index (χ3n) is 3.53. The molecule has 4 atom stereocenters. The van der Waals surface area contributed by atoms with Gasteiger partial charge in [-0.25, -0.2) is 0 Å². The van der Waals surface area contributed by atoms with Crippen LogP contribution in [0, 0.1) is 0 Å². The number of hydrogen-bond acceptors (Lipinski definition) is 5. The van der Waals surface area contributed by atoms with Gasteiger partial charge in [-0.3, -0.25) is 0 Å². The van der Waals surface area contributed by atoms with Crippen LogP contribution < -0.4 is 0 Å². The van der Waals surface area contributed by atoms with Gasteiger partial charge in [0.25, 0.3) is 0 Å². The normalized spacial score (nSPS) is 43.6. The quantitative estimate of drug-likeness (QED) is 0.723. The maximum atomic E-state index is 5.98. The molecule has 2 saturated heterocycles. The molecular formula is C12H20O4S. The molecule has 2 fully saturated rings. The molecular weight excluding hydrogens is 240 g/mol. The van der Waals surface area contributed by atoms with Crippen molar-refractivity contribution in [2.75, 3.05) is 7.11 Å². The largest absolute Gasteiger partial charge is 0.353 e. The van der Waals surface area contributed by atoms with Crippen LogP contribution in [0.5, 0.6) is 0 Å². The molecule has 4 nitrogen and oxygen atoms in total. The highest BCUT2D eigenvalue weighted by Gasteiger charge is 2.61. The Morgan fingerprint density at radius 2 is 2.00 bits per heavy atom. The summed E-state index contributed by atoms with van der Waals surface area (Å²) in [4.78, 5) is 0. The molecule has 2 aliphatic heterocycles. The lowest BCUT2D eigenvalue weighted by molar-refractivity contribution is -0.249. The Bertz CT molecular complexity index is 307. The smallest absolute Gasteiger partial charge is 0.186 e. The standard InChI is InChI=1S/C12H20O4S/c1-5-12(6-7-17)9-8(10(13-4)16-12)14-11(2,3)15-9/h7-10H,5-6H2,1-4H3/t8?,9-,10-,12+/m1/s1. The lowest BCUT2D eigenvalue weighted by atomic mass is 9.90. The molecule has 2 rings (SSSR count). The van der Waals surface area contributed by atoms with Crippen LogP contribution in [0.25, 0.3) is 0 Å². The molecule has 1 unspecified atom stereocenters. The average Bonchev–Trinajstić information content (AvgIpc) is 2.73. The number of ether oxygens (including phenoxy) is 4. The molecule has 0 aliphatic carbocycles. The first kappa shape index (κ1) is 13.4. The van der Waals surface area contributed by atoms with Gasteiger partial charge in [0.05, 0.1) is 0 Å². The fourth-order valence-corrected chi connectivity index (χ4v) is 2.96. The summed E-state index contributed by atoms with van der Waals surface area (Å²) >= 11 is 4.98. The predicted molar refractivity (Wildman–Crippen MR) is 67.0 cm³/mol. The van der Waals surface area contributed by atoms with E-state index < -0.39 is 11.4 Å². The Hall–Kier alpha value is -0.0700. The van der Waals surface area contributed by atoms with Crippen LogP contribution >= 0.6 is 12.2 Å². The van der Waals surface area contributed by atoms with E-state index in [0.717, 1.165) is 6.42 Å². The van der Waals surface area contributed by atoms with Gasteiger partial charge in [0.15, 0.2) is 12.1 Å². The number of thiocarbonyl (C=S) groups is 1. The highest BCUT2D eigenvalue weighted by Crippen LogP contribution is 2.47. The van der Waals surface area contributed by atoms with Crippen molar-refractivity contribution in [1.82, 2.24) is 0 Å². The van der Waals surface area contributed by atoms with Crippen LogP contribution in [0.15, 0.2) is 0 Å². The molecule has 0 spiro atoms. The van der Waals surface area contributed by atoms with Gasteiger partial charge in [0.1, 0.15) is 17.8 Å². The van der Waals surface area contributed by atoms with Crippen molar-refractivity contribution in [1.29, 1.82) is 0 Å². The summed E-state index contributed by atoms with van der Waals surface area (Å²) in [7, 11) is 1.62. The molecule has 0 bridgehead atoms. The second-order valence-corrected chi connectivity index (χ2v) is 5.37. The van der Waals surface area contributed by atoms with Crippen LogP contribution in [0.4, 0.5) is 0 Å². The topological polar surface area (TPSA) is 36.9 Å². The number of fused-ring (bicyclic) bond motifs is 1. The summed E-state index contributed by atoms with van der Waals surface area (Å²) in [5.74, 6) is -0.586. The highest BCUT2D eigenvalue weighted by atomic mass is 32.1. The average molecular weight is 260 g/mol. The number of hydrogen-bond donors (Lipinski definition) is 0. The summed E-state index contributed by atoms with van der Waals surface area (Å²) < 4.78 is 23.2. The zero-order chi connectivity index (χ0) is 12.7. The SMILES string of the molecule is CC[C@@]1(CC=S)O[C@@H](OC)C2OC(C)(C)O[C@H]21. The zero-order valence-corrected chi connectivity index (χ0v) is 11.6. The molecule has 2 aliphatic rings. The lowest BCUT2D eigenvalue weighted by Crippen LogP contribution is -2.43. The maximum absolute atomic E-state index is 5.98. The van der Waals surface area contributed by atoms with Crippen molar-refractivity contribution >= 4 is 17.6 Å². The summed E-state index contributed by atoms with van der Waals surface area (Å²) in [5.41, 5.74) is -0.416. The molecule has 0 N–H and O–H groups in total. The molecule has 2 heterocycles. The minimum atomic E-state index is -0.586. The van der Waals surface area contributed by atoms with Gasteiger partial charge < -0.3 is 18.9 Å². The Kier molecular flexibility index (Phi) is 3.58. The highest BCUT2D eigenvalue weighted by molar-refractivity contribution is 7.78. The first-order valence-corrected chi connectivity index (χ1v) is 6.45. The summed E-state index contributed by atoms with van der Waals surface area (Å²) in [5, 5.41) is 1.70. The van der Waals surface area contributed by atoms with E-state index in [1.165, 1.54) is 0 Å². The van der Waals surface area contributed by atoms with Gasteiger partial charge in [-0.05, 0) is 25.6 Å².